The molecule has 186 valence electrons. The SMILES string of the molecule is COc1cccc([C@@H](c2ccc3c(cnn3-c3ccc(F)cc3)c2)[C@@H](CO)NC(=O)[C@H]2CCCN2)c1. The highest BCUT2D eigenvalue weighted by Crippen LogP contribution is 2.33. The van der Waals surface area contributed by atoms with Crippen LogP contribution in [0.2, 0.25) is 0 Å². The van der Waals surface area contributed by atoms with E-state index in [1.807, 2.05) is 42.5 Å². The largest absolute Gasteiger partial charge is 0.497 e. The van der Waals surface area contributed by atoms with E-state index in [0.29, 0.717) is 5.75 Å². The third kappa shape index (κ3) is 4.82. The Morgan fingerprint density at radius 3 is 2.72 bits per heavy atom. The molecule has 3 aromatic carbocycles. The van der Waals surface area contributed by atoms with Crippen molar-refractivity contribution in [1.29, 1.82) is 0 Å². The minimum atomic E-state index is -0.545. The molecule has 1 aliphatic rings. The lowest BCUT2D eigenvalue weighted by Gasteiger charge is -2.29. The second-order valence-corrected chi connectivity index (χ2v) is 9.05. The summed E-state index contributed by atoms with van der Waals surface area (Å²) in [7, 11) is 1.61. The first kappa shape index (κ1) is 24.0. The molecule has 0 spiro atoms. The standard InChI is InChI=1S/C28H29FN4O3/c1-36-23-5-2-4-18(15-23)27(25(17-34)32-28(35)24-6-3-13-30-24)19-7-12-26-20(14-19)16-31-33(26)22-10-8-21(29)9-11-22/h2,4-5,7-12,14-16,24-25,27,30,34H,3,6,13,17H2,1H3,(H,32,35)/t24-,25-,27+/m1/s1. The van der Waals surface area contributed by atoms with Crippen molar-refractivity contribution in [2.24, 2.45) is 0 Å². The van der Waals surface area contributed by atoms with Crippen LogP contribution in [-0.2, 0) is 4.79 Å². The first-order valence-electron chi connectivity index (χ1n) is 12.1. The number of fused-ring (bicyclic) bond motifs is 1. The first-order chi connectivity index (χ1) is 17.6. The number of hydrogen-bond donors (Lipinski definition) is 3. The summed E-state index contributed by atoms with van der Waals surface area (Å²) in [5.41, 5.74) is 3.47. The van der Waals surface area contributed by atoms with Crippen molar-refractivity contribution in [3.05, 3.63) is 89.9 Å². The number of ether oxygens (including phenoxy) is 1. The molecule has 8 heteroatoms. The highest BCUT2D eigenvalue weighted by atomic mass is 19.1. The van der Waals surface area contributed by atoms with Crippen LogP contribution in [-0.4, -0.2) is 53.1 Å². The maximum Gasteiger partial charge on any atom is 0.237 e. The highest BCUT2D eigenvalue weighted by molar-refractivity contribution is 5.83. The van der Waals surface area contributed by atoms with Gasteiger partial charge in [0.05, 0.1) is 43.2 Å². The fourth-order valence-electron chi connectivity index (χ4n) is 4.95. The topological polar surface area (TPSA) is 88.4 Å². The number of amides is 1. The van der Waals surface area contributed by atoms with E-state index in [1.165, 1.54) is 12.1 Å². The van der Waals surface area contributed by atoms with Crippen LogP contribution in [0.5, 0.6) is 5.75 Å². The molecule has 1 fully saturated rings. The number of methoxy groups -OCH3 is 1. The number of carbonyl (C=O) groups excluding carboxylic acids is 1. The Morgan fingerprint density at radius 2 is 2.00 bits per heavy atom. The highest BCUT2D eigenvalue weighted by Gasteiger charge is 2.30. The number of aliphatic hydroxyl groups is 1. The van der Waals surface area contributed by atoms with Gasteiger partial charge in [-0.25, -0.2) is 9.07 Å². The van der Waals surface area contributed by atoms with Crippen LogP contribution in [0, 0.1) is 5.82 Å². The van der Waals surface area contributed by atoms with Crippen LogP contribution in [0.25, 0.3) is 16.6 Å². The van der Waals surface area contributed by atoms with Crippen molar-refractivity contribution in [3.63, 3.8) is 0 Å². The van der Waals surface area contributed by atoms with Crippen LogP contribution in [0.3, 0.4) is 0 Å². The Balaban J connectivity index is 1.54. The van der Waals surface area contributed by atoms with Crippen molar-refractivity contribution < 1.29 is 19.0 Å². The predicted octanol–water partition coefficient (Wildman–Crippen LogP) is 3.53. The molecule has 0 bridgehead atoms. The zero-order chi connectivity index (χ0) is 25.1. The molecule has 3 N–H and O–H groups in total. The molecule has 1 aliphatic heterocycles. The van der Waals surface area contributed by atoms with E-state index in [-0.39, 0.29) is 30.3 Å². The van der Waals surface area contributed by atoms with E-state index in [9.17, 15) is 14.3 Å². The van der Waals surface area contributed by atoms with Crippen LogP contribution < -0.4 is 15.4 Å². The summed E-state index contributed by atoms with van der Waals surface area (Å²) in [6.45, 7) is 0.586. The Labute approximate surface area is 208 Å². The zero-order valence-corrected chi connectivity index (χ0v) is 20.0. The van der Waals surface area contributed by atoms with Crippen LogP contribution in [0.4, 0.5) is 4.39 Å². The quantitative estimate of drug-likeness (QED) is 0.353. The molecule has 3 atom stereocenters. The summed E-state index contributed by atoms with van der Waals surface area (Å²) in [5.74, 6) is -0.0367. The molecule has 4 aromatic rings. The second-order valence-electron chi connectivity index (χ2n) is 9.05. The second kappa shape index (κ2) is 10.5. The van der Waals surface area contributed by atoms with E-state index < -0.39 is 6.04 Å². The maximum absolute atomic E-state index is 13.4. The van der Waals surface area contributed by atoms with Crippen molar-refractivity contribution >= 4 is 16.8 Å². The number of hydrogen-bond acceptors (Lipinski definition) is 5. The van der Waals surface area contributed by atoms with Crippen LogP contribution >= 0.6 is 0 Å². The van der Waals surface area contributed by atoms with Gasteiger partial charge in [-0.05, 0) is 79.0 Å². The van der Waals surface area contributed by atoms with Gasteiger partial charge in [-0.2, -0.15) is 5.10 Å². The third-order valence-electron chi connectivity index (χ3n) is 6.78. The van der Waals surface area contributed by atoms with E-state index in [0.717, 1.165) is 47.1 Å². The average Bonchev–Trinajstić information content (AvgIpc) is 3.59. The number of aliphatic hydroxyl groups excluding tert-OH is 1. The lowest BCUT2D eigenvalue weighted by Crippen LogP contribution is -2.49. The number of halogens is 1. The number of benzene rings is 3. The van der Waals surface area contributed by atoms with Crippen molar-refractivity contribution in [2.75, 3.05) is 20.3 Å². The van der Waals surface area contributed by atoms with Gasteiger partial charge in [-0.3, -0.25) is 4.79 Å². The van der Waals surface area contributed by atoms with Gasteiger partial charge >= 0.3 is 0 Å². The van der Waals surface area contributed by atoms with Crippen molar-refractivity contribution in [2.45, 2.75) is 30.8 Å². The van der Waals surface area contributed by atoms with Crippen molar-refractivity contribution in [1.82, 2.24) is 20.4 Å². The van der Waals surface area contributed by atoms with Gasteiger partial charge in [0.1, 0.15) is 11.6 Å². The molecule has 0 radical (unpaired) electrons. The lowest BCUT2D eigenvalue weighted by molar-refractivity contribution is -0.123. The molecule has 0 aliphatic carbocycles. The van der Waals surface area contributed by atoms with Gasteiger partial charge in [0.25, 0.3) is 0 Å². The predicted molar refractivity (Wildman–Crippen MR) is 136 cm³/mol. The van der Waals surface area contributed by atoms with E-state index in [1.54, 1.807) is 30.1 Å². The van der Waals surface area contributed by atoms with Gasteiger partial charge < -0.3 is 20.5 Å². The lowest BCUT2D eigenvalue weighted by atomic mass is 9.84. The smallest absolute Gasteiger partial charge is 0.237 e. The molecule has 1 saturated heterocycles. The fourth-order valence-corrected chi connectivity index (χ4v) is 4.95. The number of carbonyl (C=O) groups is 1. The molecule has 2 heterocycles. The Hall–Kier alpha value is -3.75. The zero-order valence-electron chi connectivity index (χ0n) is 20.0. The van der Waals surface area contributed by atoms with Crippen molar-refractivity contribution in [3.8, 4) is 11.4 Å². The van der Waals surface area contributed by atoms with Gasteiger partial charge in [-0.15, -0.1) is 0 Å². The summed E-state index contributed by atoms with van der Waals surface area (Å²) < 4.78 is 20.6. The average molecular weight is 489 g/mol. The molecule has 0 unspecified atom stereocenters. The van der Waals surface area contributed by atoms with Gasteiger partial charge in [-0.1, -0.05) is 18.2 Å². The maximum atomic E-state index is 13.4. The molecule has 7 nitrogen and oxygen atoms in total. The van der Waals surface area contributed by atoms with Crippen LogP contribution in [0.1, 0.15) is 29.9 Å². The minimum Gasteiger partial charge on any atom is -0.497 e. The molecule has 1 aromatic heterocycles. The van der Waals surface area contributed by atoms with E-state index >= 15 is 0 Å². The van der Waals surface area contributed by atoms with E-state index in [4.69, 9.17) is 4.74 Å². The Kier molecular flexibility index (Phi) is 6.97. The molecule has 36 heavy (non-hydrogen) atoms. The third-order valence-corrected chi connectivity index (χ3v) is 6.78. The first-order valence-corrected chi connectivity index (χ1v) is 12.1. The van der Waals surface area contributed by atoms with Gasteiger partial charge in [0, 0.05) is 11.3 Å². The number of nitrogens with zero attached hydrogens (tertiary/aromatic N) is 2. The molecular weight excluding hydrogens is 459 g/mol. The monoisotopic (exact) mass is 488 g/mol. The normalized spacial score (nSPS) is 17.1. The summed E-state index contributed by atoms with van der Waals surface area (Å²) in [6, 6.07) is 19.0. The minimum absolute atomic E-state index is 0.107. The Bertz CT molecular complexity index is 1350. The molecule has 5 rings (SSSR count). The Morgan fingerprint density at radius 1 is 1.19 bits per heavy atom. The number of aromatic nitrogens is 2. The molecule has 1 amide bonds. The van der Waals surface area contributed by atoms with Gasteiger partial charge in [0.2, 0.25) is 5.91 Å². The summed E-state index contributed by atoms with van der Waals surface area (Å²) in [4.78, 5) is 13.0. The summed E-state index contributed by atoms with van der Waals surface area (Å²) >= 11 is 0. The van der Waals surface area contributed by atoms with E-state index in [2.05, 4.69) is 15.7 Å². The number of nitrogens with one attached hydrogen (secondary N) is 2. The number of rotatable bonds is 8. The van der Waals surface area contributed by atoms with Crippen LogP contribution in [0.15, 0.2) is 72.9 Å². The summed E-state index contributed by atoms with van der Waals surface area (Å²) in [6.07, 6.45) is 3.50. The molecular formula is C28H29FN4O3. The molecule has 0 saturated carbocycles. The fraction of sp³-hybridized carbons (Fsp3) is 0.286. The summed E-state index contributed by atoms with van der Waals surface area (Å²) in [5, 5.41) is 22.1. The van der Waals surface area contributed by atoms with Gasteiger partial charge in [0.15, 0.2) is 0 Å².